The minimum atomic E-state index is -0.414. The van der Waals surface area contributed by atoms with Crippen LogP contribution in [0.15, 0.2) is 18.2 Å². The van der Waals surface area contributed by atoms with Gasteiger partial charge in [0.15, 0.2) is 0 Å². The van der Waals surface area contributed by atoms with Gasteiger partial charge in [-0.05, 0) is 57.5 Å². The molecule has 1 aromatic rings. The third-order valence-electron chi connectivity index (χ3n) is 3.83. The Hall–Kier alpha value is -1.42. The fourth-order valence-electron chi connectivity index (χ4n) is 2.42. The van der Waals surface area contributed by atoms with E-state index in [1.165, 1.54) is 6.07 Å². The lowest BCUT2D eigenvalue weighted by atomic mass is 9.97. The number of benzene rings is 1. The van der Waals surface area contributed by atoms with Gasteiger partial charge in [0, 0.05) is 6.54 Å². The number of carbonyl (C=O) groups is 1. The Kier molecular flexibility index (Phi) is 4.53. The van der Waals surface area contributed by atoms with Gasteiger partial charge in [-0.25, -0.2) is 4.39 Å². The molecular formula is C15H21FN2O. The minimum absolute atomic E-state index is 0.146. The van der Waals surface area contributed by atoms with Crippen LogP contribution in [-0.4, -0.2) is 37.5 Å². The van der Waals surface area contributed by atoms with E-state index in [-0.39, 0.29) is 11.5 Å². The molecule has 104 valence electrons. The SMILES string of the molecule is Cc1cccc(C(=O)NCC2CCN(C)CC2)c1F. The number of hydrogen-bond donors (Lipinski definition) is 1. The predicted molar refractivity (Wildman–Crippen MR) is 73.7 cm³/mol. The van der Waals surface area contributed by atoms with E-state index in [0.717, 1.165) is 25.9 Å². The highest BCUT2D eigenvalue weighted by atomic mass is 19.1. The Morgan fingerprint density at radius 1 is 1.42 bits per heavy atom. The van der Waals surface area contributed by atoms with Crippen LogP contribution in [0.3, 0.4) is 0 Å². The third-order valence-corrected chi connectivity index (χ3v) is 3.83. The molecule has 0 spiro atoms. The van der Waals surface area contributed by atoms with E-state index in [2.05, 4.69) is 17.3 Å². The first-order chi connectivity index (χ1) is 9.08. The molecule has 1 fully saturated rings. The smallest absolute Gasteiger partial charge is 0.254 e. The van der Waals surface area contributed by atoms with Crippen LogP contribution in [0.1, 0.15) is 28.8 Å². The summed E-state index contributed by atoms with van der Waals surface area (Å²) in [5, 5.41) is 2.85. The minimum Gasteiger partial charge on any atom is -0.352 e. The topological polar surface area (TPSA) is 32.3 Å². The lowest BCUT2D eigenvalue weighted by molar-refractivity contribution is 0.0935. The van der Waals surface area contributed by atoms with Crippen molar-refractivity contribution in [2.75, 3.05) is 26.7 Å². The van der Waals surface area contributed by atoms with Crippen LogP contribution in [0.2, 0.25) is 0 Å². The van der Waals surface area contributed by atoms with Crippen molar-refractivity contribution in [2.24, 2.45) is 5.92 Å². The molecule has 1 aliphatic rings. The van der Waals surface area contributed by atoms with E-state index in [4.69, 9.17) is 0 Å². The number of likely N-dealkylation sites (tertiary alicyclic amines) is 1. The van der Waals surface area contributed by atoms with E-state index in [1.54, 1.807) is 19.1 Å². The molecule has 0 radical (unpaired) electrons. The number of aryl methyl sites for hydroxylation is 1. The average Bonchev–Trinajstić information content (AvgIpc) is 2.41. The molecule has 1 N–H and O–H groups in total. The Morgan fingerprint density at radius 3 is 2.79 bits per heavy atom. The van der Waals surface area contributed by atoms with E-state index >= 15 is 0 Å². The summed E-state index contributed by atoms with van der Waals surface area (Å²) in [6.07, 6.45) is 2.18. The number of nitrogens with one attached hydrogen (secondary N) is 1. The quantitative estimate of drug-likeness (QED) is 0.907. The largest absolute Gasteiger partial charge is 0.352 e. The molecule has 1 aliphatic heterocycles. The van der Waals surface area contributed by atoms with Crippen molar-refractivity contribution < 1.29 is 9.18 Å². The van der Waals surface area contributed by atoms with Crippen LogP contribution in [0.5, 0.6) is 0 Å². The zero-order valence-corrected chi connectivity index (χ0v) is 11.6. The van der Waals surface area contributed by atoms with Gasteiger partial charge in [-0.1, -0.05) is 12.1 Å². The summed E-state index contributed by atoms with van der Waals surface area (Å²) >= 11 is 0. The van der Waals surface area contributed by atoms with Gasteiger partial charge in [0.25, 0.3) is 5.91 Å². The first-order valence-electron chi connectivity index (χ1n) is 6.80. The van der Waals surface area contributed by atoms with Crippen LogP contribution in [0, 0.1) is 18.7 Å². The van der Waals surface area contributed by atoms with Gasteiger partial charge in [-0.3, -0.25) is 4.79 Å². The molecule has 0 aliphatic carbocycles. The monoisotopic (exact) mass is 264 g/mol. The molecule has 0 atom stereocenters. The van der Waals surface area contributed by atoms with Crippen molar-refractivity contribution in [2.45, 2.75) is 19.8 Å². The molecule has 1 amide bonds. The zero-order valence-electron chi connectivity index (χ0n) is 11.6. The Bertz CT molecular complexity index is 453. The summed E-state index contributed by atoms with van der Waals surface area (Å²) < 4.78 is 13.8. The summed E-state index contributed by atoms with van der Waals surface area (Å²) in [6.45, 7) is 4.45. The zero-order chi connectivity index (χ0) is 13.8. The number of hydrogen-bond acceptors (Lipinski definition) is 2. The van der Waals surface area contributed by atoms with Crippen molar-refractivity contribution in [3.05, 3.63) is 35.1 Å². The van der Waals surface area contributed by atoms with Crippen LogP contribution in [-0.2, 0) is 0 Å². The highest BCUT2D eigenvalue weighted by molar-refractivity contribution is 5.94. The van der Waals surface area contributed by atoms with Crippen molar-refractivity contribution >= 4 is 5.91 Å². The molecule has 1 heterocycles. The Balaban J connectivity index is 1.89. The molecule has 0 unspecified atom stereocenters. The maximum atomic E-state index is 13.8. The van der Waals surface area contributed by atoms with E-state index in [9.17, 15) is 9.18 Å². The number of rotatable bonds is 3. The second kappa shape index (κ2) is 6.15. The molecule has 3 nitrogen and oxygen atoms in total. The Morgan fingerprint density at radius 2 is 2.11 bits per heavy atom. The van der Waals surface area contributed by atoms with E-state index < -0.39 is 5.82 Å². The standard InChI is InChI=1S/C15H21FN2O/c1-11-4-3-5-13(14(11)16)15(19)17-10-12-6-8-18(2)9-7-12/h3-5,12H,6-10H2,1-2H3,(H,17,19). The molecule has 1 saturated heterocycles. The molecule has 19 heavy (non-hydrogen) atoms. The van der Waals surface area contributed by atoms with Gasteiger partial charge >= 0.3 is 0 Å². The molecule has 2 rings (SSSR count). The third kappa shape index (κ3) is 3.53. The average molecular weight is 264 g/mol. The number of nitrogens with zero attached hydrogens (tertiary/aromatic N) is 1. The second-order valence-electron chi connectivity index (χ2n) is 5.39. The van der Waals surface area contributed by atoms with Crippen molar-refractivity contribution in [3.63, 3.8) is 0 Å². The summed E-state index contributed by atoms with van der Waals surface area (Å²) in [5.74, 6) is -0.212. The van der Waals surface area contributed by atoms with Crippen LogP contribution in [0.4, 0.5) is 4.39 Å². The summed E-state index contributed by atoms with van der Waals surface area (Å²) in [4.78, 5) is 14.3. The van der Waals surface area contributed by atoms with Crippen molar-refractivity contribution in [1.29, 1.82) is 0 Å². The van der Waals surface area contributed by atoms with E-state index in [1.807, 2.05) is 0 Å². The van der Waals surface area contributed by atoms with Crippen LogP contribution in [0.25, 0.3) is 0 Å². The number of carbonyl (C=O) groups excluding carboxylic acids is 1. The lowest BCUT2D eigenvalue weighted by Crippen LogP contribution is -2.37. The number of amides is 1. The van der Waals surface area contributed by atoms with Gasteiger partial charge in [0.1, 0.15) is 5.82 Å². The lowest BCUT2D eigenvalue weighted by Gasteiger charge is -2.28. The fraction of sp³-hybridized carbons (Fsp3) is 0.533. The normalized spacial score (nSPS) is 17.4. The fourth-order valence-corrected chi connectivity index (χ4v) is 2.42. The first kappa shape index (κ1) is 14.0. The first-order valence-corrected chi connectivity index (χ1v) is 6.80. The molecule has 1 aromatic carbocycles. The van der Waals surface area contributed by atoms with Crippen LogP contribution < -0.4 is 5.32 Å². The second-order valence-corrected chi connectivity index (χ2v) is 5.39. The number of halogens is 1. The molecule has 0 saturated carbocycles. The maximum absolute atomic E-state index is 13.8. The predicted octanol–water partition coefficient (Wildman–Crippen LogP) is 2.21. The van der Waals surface area contributed by atoms with Gasteiger partial charge in [-0.2, -0.15) is 0 Å². The highest BCUT2D eigenvalue weighted by Crippen LogP contribution is 2.16. The maximum Gasteiger partial charge on any atom is 0.254 e. The summed E-state index contributed by atoms with van der Waals surface area (Å²) in [7, 11) is 2.11. The van der Waals surface area contributed by atoms with E-state index in [0.29, 0.717) is 18.0 Å². The molecular weight excluding hydrogens is 243 g/mol. The van der Waals surface area contributed by atoms with Crippen LogP contribution >= 0.6 is 0 Å². The summed E-state index contributed by atoms with van der Waals surface area (Å²) in [6, 6.07) is 4.91. The number of piperidine rings is 1. The summed E-state index contributed by atoms with van der Waals surface area (Å²) in [5.41, 5.74) is 0.653. The van der Waals surface area contributed by atoms with Gasteiger partial charge in [0.2, 0.25) is 0 Å². The highest BCUT2D eigenvalue weighted by Gasteiger charge is 2.18. The van der Waals surface area contributed by atoms with Gasteiger partial charge in [-0.15, -0.1) is 0 Å². The van der Waals surface area contributed by atoms with Gasteiger partial charge < -0.3 is 10.2 Å². The molecule has 0 bridgehead atoms. The van der Waals surface area contributed by atoms with Gasteiger partial charge in [0.05, 0.1) is 5.56 Å². The van der Waals surface area contributed by atoms with Crippen molar-refractivity contribution in [3.8, 4) is 0 Å². The molecule has 4 heteroatoms. The Labute approximate surface area is 113 Å². The molecule has 0 aromatic heterocycles. The van der Waals surface area contributed by atoms with Crippen molar-refractivity contribution in [1.82, 2.24) is 10.2 Å².